The number of amides is 2. The first-order valence-electron chi connectivity index (χ1n) is 17.4. The van der Waals surface area contributed by atoms with Gasteiger partial charge in [-0.25, -0.2) is 13.1 Å². The molecule has 4 aromatic rings. The summed E-state index contributed by atoms with van der Waals surface area (Å²) in [5.41, 5.74) is 3.98. The summed E-state index contributed by atoms with van der Waals surface area (Å²) in [5, 5.41) is 3.62. The highest BCUT2D eigenvalue weighted by atomic mass is 32.2. The Morgan fingerprint density at radius 3 is 2.16 bits per heavy atom. The molecule has 0 aromatic heterocycles. The molecule has 0 radical (unpaired) electrons. The van der Waals surface area contributed by atoms with Crippen LogP contribution >= 0.6 is 11.8 Å². The summed E-state index contributed by atoms with van der Waals surface area (Å²) >= 11 is 1.79. The molecule has 0 saturated carbocycles. The Kier molecular flexibility index (Phi) is 13.2. The van der Waals surface area contributed by atoms with Gasteiger partial charge < -0.3 is 20.0 Å². The van der Waals surface area contributed by atoms with Crippen molar-refractivity contribution in [2.45, 2.75) is 61.5 Å². The van der Waals surface area contributed by atoms with Gasteiger partial charge >= 0.3 is 0 Å². The van der Waals surface area contributed by atoms with Gasteiger partial charge in [0.1, 0.15) is 0 Å². The summed E-state index contributed by atoms with van der Waals surface area (Å²) in [7, 11) is 0.00758. The molecule has 2 amide bonds. The quantitative estimate of drug-likeness (QED) is 0.131. The molecule has 11 heteroatoms. The van der Waals surface area contributed by atoms with E-state index in [1.54, 1.807) is 43.0 Å². The zero-order valence-corrected chi connectivity index (χ0v) is 31.6. The summed E-state index contributed by atoms with van der Waals surface area (Å²) < 4.78 is 28.9. The first-order valence-corrected chi connectivity index (χ1v) is 19.9. The van der Waals surface area contributed by atoms with Crippen LogP contribution in [0.1, 0.15) is 47.7 Å². The number of hydrogen-bond acceptors (Lipinski definition) is 8. The van der Waals surface area contributed by atoms with E-state index in [9.17, 15) is 18.0 Å². The Hall–Kier alpha value is -4.32. The van der Waals surface area contributed by atoms with E-state index in [4.69, 9.17) is 0 Å². The molecule has 0 spiro atoms. The van der Waals surface area contributed by atoms with Gasteiger partial charge in [0.2, 0.25) is 5.91 Å². The Balaban J connectivity index is 1.16. The molecule has 1 heterocycles. The Labute approximate surface area is 307 Å². The normalized spacial score (nSPS) is 14.3. The molecule has 1 fully saturated rings. The van der Waals surface area contributed by atoms with Gasteiger partial charge in [0, 0.05) is 66.2 Å². The van der Waals surface area contributed by atoms with E-state index in [0.717, 1.165) is 67.2 Å². The summed E-state index contributed by atoms with van der Waals surface area (Å²) in [6.07, 6.45) is 2.60. The van der Waals surface area contributed by atoms with Gasteiger partial charge in [-0.1, -0.05) is 48.5 Å². The number of nitrogens with one attached hydrogen (secondary N) is 2. The maximum Gasteiger partial charge on any atom is 0.264 e. The van der Waals surface area contributed by atoms with Crippen LogP contribution in [0.5, 0.6) is 0 Å². The second kappa shape index (κ2) is 17.7. The molecule has 0 aliphatic carbocycles. The van der Waals surface area contributed by atoms with Crippen LogP contribution in [0.4, 0.5) is 11.4 Å². The highest BCUT2D eigenvalue weighted by Crippen LogP contribution is 2.27. The molecule has 0 bridgehead atoms. The lowest BCUT2D eigenvalue weighted by molar-refractivity contribution is -0.132. The van der Waals surface area contributed by atoms with Crippen molar-refractivity contribution in [3.8, 4) is 0 Å². The Morgan fingerprint density at radius 2 is 1.55 bits per heavy atom. The first-order chi connectivity index (χ1) is 24.5. The van der Waals surface area contributed by atoms with Crippen molar-refractivity contribution in [1.29, 1.82) is 0 Å². The van der Waals surface area contributed by atoms with E-state index in [2.05, 4.69) is 46.1 Å². The zero-order chi connectivity index (χ0) is 36.4. The van der Waals surface area contributed by atoms with Crippen LogP contribution in [0.15, 0.2) is 113 Å². The molecular formula is C40H49N5O4S2. The average molecular weight is 728 g/mol. The molecule has 270 valence electrons. The SMILES string of the molecule is CC(=O)N(Cc1ccccc1)C1CCN(c2ccc(C(=O)NS(=O)(=O)c3ccc(NC(CCN(C)C)CSc4ccccc4)c(C)c3)cc2)CC1. The van der Waals surface area contributed by atoms with Crippen LogP contribution < -0.4 is 14.9 Å². The van der Waals surface area contributed by atoms with Crippen LogP contribution in [-0.2, 0) is 21.4 Å². The molecule has 4 aromatic carbocycles. The zero-order valence-electron chi connectivity index (χ0n) is 29.9. The predicted octanol–water partition coefficient (Wildman–Crippen LogP) is 6.66. The summed E-state index contributed by atoms with van der Waals surface area (Å²) in [6.45, 7) is 6.56. The lowest BCUT2D eigenvalue weighted by atomic mass is 10.0. The summed E-state index contributed by atoms with van der Waals surface area (Å²) in [5.74, 6) is 0.251. The number of carbonyl (C=O) groups is 2. The van der Waals surface area contributed by atoms with Gasteiger partial charge in [-0.2, -0.15) is 0 Å². The first kappa shape index (κ1) is 37.9. The van der Waals surface area contributed by atoms with Crippen molar-refractivity contribution < 1.29 is 18.0 Å². The minimum atomic E-state index is -4.10. The molecule has 1 unspecified atom stereocenters. The molecule has 1 atom stereocenters. The molecule has 2 N–H and O–H groups in total. The fourth-order valence-corrected chi connectivity index (χ4v) is 8.34. The predicted molar refractivity (Wildman–Crippen MR) is 208 cm³/mol. The summed E-state index contributed by atoms with van der Waals surface area (Å²) in [4.78, 5) is 33.2. The number of sulfonamides is 1. The summed E-state index contributed by atoms with van der Waals surface area (Å²) in [6, 6.07) is 32.6. The van der Waals surface area contributed by atoms with Crippen LogP contribution in [0.2, 0.25) is 0 Å². The third kappa shape index (κ3) is 10.8. The lowest BCUT2D eigenvalue weighted by Gasteiger charge is -2.39. The molecular weight excluding hydrogens is 679 g/mol. The average Bonchev–Trinajstić information content (AvgIpc) is 3.13. The van der Waals surface area contributed by atoms with Crippen molar-refractivity contribution in [2.75, 3.05) is 49.7 Å². The maximum absolute atomic E-state index is 13.3. The molecule has 5 rings (SSSR count). The van der Waals surface area contributed by atoms with Gasteiger partial charge in [0.15, 0.2) is 0 Å². The van der Waals surface area contributed by atoms with Crippen LogP contribution in [0, 0.1) is 6.92 Å². The topological polar surface area (TPSA) is 102 Å². The number of hydrogen-bond donors (Lipinski definition) is 2. The van der Waals surface area contributed by atoms with Gasteiger partial charge in [-0.3, -0.25) is 9.59 Å². The van der Waals surface area contributed by atoms with E-state index in [-0.39, 0.29) is 28.4 Å². The fraction of sp³-hybridized carbons (Fsp3) is 0.350. The highest BCUT2D eigenvalue weighted by Gasteiger charge is 2.27. The Bertz CT molecular complexity index is 1850. The fourth-order valence-electron chi connectivity index (χ4n) is 6.29. The van der Waals surface area contributed by atoms with Gasteiger partial charge in [-0.15, -0.1) is 11.8 Å². The number of rotatable bonds is 15. The lowest BCUT2D eigenvalue weighted by Crippen LogP contribution is -2.46. The van der Waals surface area contributed by atoms with Crippen molar-refractivity contribution >= 4 is 45.0 Å². The minimum absolute atomic E-state index is 0.0359. The van der Waals surface area contributed by atoms with Gasteiger partial charge in [0.25, 0.3) is 15.9 Å². The number of anilines is 2. The number of thioether (sulfide) groups is 1. The van der Waals surface area contributed by atoms with Crippen molar-refractivity contribution in [1.82, 2.24) is 14.5 Å². The van der Waals surface area contributed by atoms with Gasteiger partial charge in [-0.05, 0) is 113 Å². The monoisotopic (exact) mass is 727 g/mol. The number of carbonyl (C=O) groups excluding carboxylic acids is 2. The van der Waals surface area contributed by atoms with Crippen LogP contribution in [-0.4, -0.2) is 81.6 Å². The van der Waals surface area contributed by atoms with Crippen LogP contribution in [0.3, 0.4) is 0 Å². The number of nitrogens with zero attached hydrogens (tertiary/aromatic N) is 3. The van der Waals surface area contributed by atoms with Gasteiger partial charge in [0.05, 0.1) is 4.90 Å². The number of piperidine rings is 1. The second-order valence-corrected chi connectivity index (χ2v) is 16.1. The van der Waals surface area contributed by atoms with Crippen molar-refractivity contribution in [3.63, 3.8) is 0 Å². The molecule has 1 saturated heterocycles. The minimum Gasteiger partial charge on any atom is -0.381 e. The van der Waals surface area contributed by atoms with E-state index < -0.39 is 15.9 Å². The molecule has 1 aliphatic rings. The van der Waals surface area contributed by atoms with Crippen molar-refractivity contribution in [2.24, 2.45) is 0 Å². The van der Waals surface area contributed by atoms with E-state index in [0.29, 0.717) is 6.54 Å². The molecule has 9 nitrogen and oxygen atoms in total. The standard InChI is InChI=1S/C40H49N5O4S2/c1-30-27-38(19-20-39(30)41-34(21-24-43(3)4)29-50-37-13-9-6-10-14-37)51(48,49)42-40(47)33-15-17-35(18-16-33)44-25-22-36(23-26-44)45(31(2)46)28-32-11-7-5-8-12-32/h5-20,27,34,36,41H,21-26,28-29H2,1-4H3,(H,42,47). The maximum atomic E-state index is 13.3. The number of benzene rings is 4. The van der Waals surface area contributed by atoms with Crippen LogP contribution in [0.25, 0.3) is 0 Å². The number of aryl methyl sites for hydroxylation is 1. The molecule has 1 aliphatic heterocycles. The van der Waals surface area contributed by atoms with E-state index in [1.807, 2.05) is 72.5 Å². The smallest absolute Gasteiger partial charge is 0.264 e. The largest absolute Gasteiger partial charge is 0.381 e. The second-order valence-electron chi connectivity index (χ2n) is 13.4. The highest BCUT2D eigenvalue weighted by molar-refractivity contribution is 7.99. The van der Waals surface area contributed by atoms with E-state index >= 15 is 0 Å². The van der Waals surface area contributed by atoms with E-state index in [1.165, 1.54) is 11.0 Å². The van der Waals surface area contributed by atoms with Crippen molar-refractivity contribution in [3.05, 3.63) is 120 Å². The third-order valence-electron chi connectivity index (χ3n) is 9.21. The third-order valence-corrected chi connectivity index (χ3v) is 11.7. The molecule has 51 heavy (non-hydrogen) atoms. The Morgan fingerprint density at radius 1 is 0.902 bits per heavy atom.